The largest absolute Gasteiger partial charge is 0.486 e. The van der Waals surface area contributed by atoms with Crippen LogP contribution >= 0.6 is 0 Å². The summed E-state index contributed by atoms with van der Waals surface area (Å²) in [7, 11) is 0. The van der Waals surface area contributed by atoms with Crippen molar-refractivity contribution in [3.05, 3.63) is 42.4 Å². The molecule has 2 aliphatic rings. The molecule has 6 heteroatoms. The highest BCUT2D eigenvalue weighted by Crippen LogP contribution is 2.26. The highest BCUT2D eigenvalue weighted by atomic mass is 16.5. The third kappa shape index (κ3) is 3.38. The summed E-state index contributed by atoms with van der Waals surface area (Å²) < 4.78 is 11.7. The van der Waals surface area contributed by atoms with Gasteiger partial charge in [0.2, 0.25) is 0 Å². The molecular weight excluding hydrogens is 292 g/mol. The summed E-state index contributed by atoms with van der Waals surface area (Å²) in [6.07, 6.45) is 6.28. The molecule has 2 atom stereocenters. The molecule has 0 unspecified atom stereocenters. The third-order valence-electron chi connectivity index (χ3n) is 4.68. The summed E-state index contributed by atoms with van der Waals surface area (Å²) in [4.78, 5) is 13.0. The second kappa shape index (κ2) is 6.29. The van der Waals surface area contributed by atoms with Crippen molar-refractivity contribution in [2.45, 2.75) is 32.0 Å². The van der Waals surface area contributed by atoms with E-state index in [1.807, 2.05) is 13.0 Å². The van der Waals surface area contributed by atoms with Crippen LogP contribution in [0.2, 0.25) is 0 Å². The zero-order valence-corrected chi connectivity index (χ0v) is 13.4. The van der Waals surface area contributed by atoms with Crippen LogP contribution in [0, 0.1) is 6.92 Å². The van der Waals surface area contributed by atoms with Crippen LogP contribution in [-0.4, -0.2) is 58.1 Å². The lowest BCUT2D eigenvalue weighted by Gasteiger charge is -2.36. The number of hydrogen-bond donors (Lipinski definition) is 0. The van der Waals surface area contributed by atoms with Gasteiger partial charge in [0, 0.05) is 38.6 Å². The standard InChI is InChI=1S/C17H22N4O2/c1-13-2-3-15(22-13)10-20-4-5-21-11-16(6-14(21)9-20)23-17-7-18-12-19-8-17/h2-3,7-8,12,14,16H,4-6,9-11H2,1H3/t14-,16-/m1/s1. The van der Waals surface area contributed by atoms with Crippen molar-refractivity contribution in [3.8, 4) is 5.75 Å². The molecule has 2 aromatic rings. The van der Waals surface area contributed by atoms with E-state index in [4.69, 9.17) is 9.15 Å². The minimum absolute atomic E-state index is 0.233. The predicted octanol–water partition coefficient (Wildman–Crippen LogP) is 1.72. The van der Waals surface area contributed by atoms with Crippen LogP contribution in [0.15, 0.2) is 35.3 Å². The molecule has 2 aliphatic heterocycles. The first-order valence-electron chi connectivity index (χ1n) is 8.19. The number of piperazine rings is 1. The second-order valence-corrected chi connectivity index (χ2v) is 6.45. The van der Waals surface area contributed by atoms with Crippen LogP contribution in [0.1, 0.15) is 17.9 Å². The van der Waals surface area contributed by atoms with Gasteiger partial charge in [-0.05, 0) is 19.1 Å². The Morgan fingerprint density at radius 2 is 2.09 bits per heavy atom. The molecule has 0 spiro atoms. The molecule has 0 radical (unpaired) electrons. The van der Waals surface area contributed by atoms with Gasteiger partial charge in [0.25, 0.3) is 0 Å². The molecule has 23 heavy (non-hydrogen) atoms. The fourth-order valence-corrected chi connectivity index (χ4v) is 3.62. The first kappa shape index (κ1) is 14.7. The molecule has 0 aromatic carbocycles. The van der Waals surface area contributed by atoms with Crippen molar-refractivity contribution >= 4 is 0 Å². The zero-order chi connectivity index (χ0) is 15.6. The topological polar surface area (TPSA) is 54.6 Å². The van der Waals surface area contributed by atoms with Gasteiger partial charge in [-0.15, -0.1) is 0 Å². The van der Waals surface area contributed by atoms with Crippen molar-refractivity contribution in [1.29, 1.82) is 0 Å². The van der Waals surface area contributed by atoms with Gasteiger partial charge in [0.15, 0.2) is 5.75 Å². The maximum Gasteiger partial charge on any atom is 0.156 e. The summed E-state index contributed by atoms with van der Waals surface area (Å²) in [5, 5.41) is 0. The Labute approximate surface area is 136 Å². The monoisotopic (exact) mass is 314 g/mol. The molecule has 0 amide bonds. The normalized spacial score (nSPS) is 25.4. The molecule has 122 valence electrons. The third-order valence-corrected chi connectivity index (χ3v) is 4.68. The Kier molecular flexibility index (Phi) is 4.01. The first-order valence-corrected chi connectivity index (χ1v) is 8.19. The van der Waals surface area contributed by atoms with E-state index in [9.17, 15) is 0 Å². The quantitative estimate of drug-likeness (QED) is 0.856. The van der Waals surface area contributed by atoms with Gasteiger partial charge in [0.1, 0.15) is 24.0 Å². The molecule has 2 saturated heterocycles. The molecule has 2 fully saturated rings. The van der Waals surface area contributed by atoms with Gasteiger partial charge < -0.3 is 9.15 Å². The Morgan fingerprint density at radius 1 is 1.22 bits per heavy atom. The van der Waals surface area contributed by atoms with E-state index in [0.29, 0.717) is 6.04 Å². The van der Waals surface area contributed by atoms with Crippen LogP contribution in [0.3, 0.4) is 0 Å². The van der Waals surface area contributed by atoms with Gasteiger partial charge in [-0.2, -0.15) is 0 Å². The number of furan rings is 1. The number of aryl methyl sites for hydroxylation is 1. The summed E-state index contributed by atoms with van der Waals surface area (Å²) in [6.45, 7) is 7.13. The second-order valence-electron chi connectivity index (χ2n) is 6.45. The van der Waals surface area contributed by atoms with Crippen molar-refractivity contribution in [1.82, 2.24) is 19.8 Å². The Balaban J connectivity index is 1.33. The fourth-order valence-electron chi connectivity index (χ4n) is 3.62. The van der Waals surface area contributed by atoms with Crippen LogP contribution < -0.4 is 4.74 Å². The van der Waals surface area contributed by atoms with Crippen molar-refractivity contribution in [2.75, 3.05) is 26.2 Å². The fraction of sp³-hybridized carbons (Fsp3) is 0.529. The van der Waals surface area contributed by atoms with Crippen LogP contribution in [-0.2, 0) is 6.54 Å². The lowest BCUT2D eigenvalue weighted by Crippen LogP contribution is -2.49. The van der Waals surface area contributed by atoms with Crippen molar-refractivity contribution in [3.63, 3.8) is 0 Å². The number of aromatic nitrogens is 2. The maximum atomic E-state index is 6.02. The van der Waals surface area contributed by atoms with E-state index < -0.39 is 0 Å². The Morgan fingerprint density at radius 3 is 2.87 bits per heavy atom. The minimum Gasteiger partial charge on any atom is -0.486 e. The zero-order valence-electron chi connectivity index (χ0n) is 13.4. The number of ether oxygens (including phenoxy) is 1. The van der Waals surface area contributed by atoms with Crippen molar-refractivity contribution in [2.24, 2.45) is 0 Å². The molecule has 0 N–H and O–H groups in total. The van der Waals surface area contributed by atoms with Gasteiger partial charge in [0.05, 0.1) is 18.9 Å². The lowest BCUT2D eigenvalue weighted by molar-refractivity contribution is 0.0925. The average Bonchev–Trinajstić information content (AvgIpc) is 3.13. The Bertz CT molecular complexity index is 645. The molecule has 6 nitrogen and oxygen atoms in total. The highest BCUT2D eigenvalue weighted by molar-refractivity contribution is 5.11. The van der Waals surface area contributed by atoms with E-state index in [1.54, 1.807) is 12.4 Å². The predicted molar refractivity (Wildman–Crippen MR) is 85.1 cm³/mol. The van der Waals surface area contributed by atoms with Crippen LogP contribution in [0.4, 0.5) is 0 Å². The maximum absolute atomic E-state index is 6.02. The van der Waals surface area contributed by atoms with Crippen LogP contribution in [0.25, 0.3) is 0 Å². The van der Waals surface area contributed by atoms with E-state index in [-0.39, 0.29) is 6.10 Å². The summed E-state index contributed by atoms with van der Waals surface area (Å²) in [5.74, 6) is 2.81. The first-order chi connectivity index (χ1) is 11.3. The van der Waals surface area contributed by atoms with E-state index >= 15 is 0 Å². The smallest absolute Gasteiger partial charge is 0.156 e. The summed E-state index contributed by atoms with van der Waals surface area (Å²) in [6, 6.07) is 4.68. The lowest BCUT2D eigenvalue weighted by atomic mass is 10.1. The Hall–Kier alpha value is -1.92. The van der Waals surface area contributed by atoms with Gasteiger partial charge in [-0.1, -0.05) is 0 Å². The van der Waals surface area contributed by atoms with Crippen molar-refractivity contribution < 1.29 is 9.15 Å². The van der Waals surface area contributed by atoms with Gasteiger partial charge in [-0.25, -0.2) is 9.97 Å². The average molecular weight is 314 g/mol. The number of fused-ring (bicyclic) bond motifs is 1. The van der Waals surface area contributed by atoms with Gasteiger partial charge >= 0.3 is 0 Å². The molecule has 2 aromatic heterocycles. The van der Waals surface area contributed by atoms with Crippen LogP contribution in [0.5, 0.6) is 5.75 Å². The number of rotatable bonds is 4. The molecule has 0 saturated carbocycles. The molecule has 0 aliphatic carbocycles. The number of nitrogens with zero attached hydrogens (tertiary/aromatic N) is 4. The molecule has 4 heterocycles. The minimum atomic E-state index is 0.233. The van der Waals surface area contributed by atoms with E-state index in [0.717, 1.165) is 56.4 Å². The summed E-state index contributed by atoms with van der Waals surface area (Å²) >= 11 is 0. The van der Waals surface area contributed by atoms with E-state index in [1.165, 1.54) is 6.33 Å². The van der Waals surface area contributed by atoms with Gasteiger partial charge in [-0.3, -0.25) is 9.80 Å². The number of hydrogen-bond acceptors (Lipinski definition) is 6. The summed E-state index contributed by atoms with van der Waals surface area (Å²) in [5.41, 5.74) is 0. The molecule has 0 bridgehead atoms. The molecular formula is C17H22N4O2. The highest BCUT2D eigenvalue weighted by Gasteiger charge is 2.37. The molecule has 4 rings (SSSR count). The van der Waals surface area contributed by atoms with E-state index in [2.05, 4.69) is 25.8 Å². The SMILES string of the molecule is Cc1ccc(CN2CCN3C[C@H](Oc4cncnc4)C[C@@H]3C2)o1.